The van der Waals surface area contributed by atoms with E-state index in [2.05, 4.69) is 10.6 Å². The van der Waals surface area contributed by atoms with Crippen LogP contribution in [-0.2, 0) is 10.4 Å². The molecule has 0 bridgehead atoms. The quantitative estimate of drug-likeness (QED) is 0.569. The maximum atomic E-state index is 13.5. The van der Waals surface area contributed by atoms with Gasteiger partial charge in [-0.05, 0) is 74.8 Å². The smallest absolute Gasteiger partial charge is 0.258 e. The topological polar surface area (TPSA) is 87.7 Å². The van der Waals surface area contributed by atoms with Crippen LogP contribution in [0.25, 0.3) is 0 Å². The Hall–Kier alpha value is -2.64. The van der Waals surface area contributed by atoms with Gasteiger partial charge in [0.25, 0.3) is 11.8 Å². The highest BCUT2D eigenvalue weighted by molar-refractivity contribution is 6.30. The first kappa shape index (κ1) is 23.5. The first-order chi connectivity index (χ1) is 15.6. The number of carbonyl (C=O) groups is 2. The second kappa shape index (κ2) is 9.31. The molecule has 2 fully saturated rings. The molecule has 0 saturated heterocycles. The number of aliphatic hydroxyl groups is 1. The molecule has 0 aromatic heterocycles. The van der Waals surface area contributed by atoms with Gasteiger partial charge >= 0.3 is 0 Å². The molecule has 2 amide bonds. The first-order valence-electron chi connectivity index (χ1n) is 11.1. The summed E-state index contributed by atoms with van der Waals surface area (Å²) in [5, 5.41) is 16.3. The molecule has 4 rings (SSSR count). The van der Waals surface area contributed by atoms with Crippen LogP contribution in [0.15, 0.2) is 42.5 Å². The Kier molecular flexibility index (Phi) is 6.64. The van der Waals surface area contributed by atoms with Crippen molar-refractivity contribution in [2.24, 2.45) is 11.8 Å². The summed E-state index contributed by atoms with van der Waals surface area (Å²) in [6, 6.07) is 10.9. The van der Waals surface area contributed by atoms with Gasteiger partial charge in [0, 0.05) is 23.7 Å². The fraction of sp³-hybridized carbons (Fsp3) is 0.440. The number of hydrogen-bond donors (Lipinski definition) is 3. The van der Waals surface area contributed by atoms with Crippen molar-refractivity contribution in [3.8, 4) is 5.75 Å². The van der Waals surface area contributed by atoms with Crippen molar-refractivity contribution in [1.29, 1.82) is 0 Å². The lowest BCUT2D eigenvalue weighted by Crippen LogP contribution is -2.44. The van der Waals surface area contributed by atoms with Crippen LogP contribution in [0, 0.1) is 17.7 Å². The molecule has 3 unspecified atom stereocenters. The Labute approximate surface area is 197 Å². The fourth-order valence-corrected chi connectivity index (χ4v) is 4.88. The third kappa shape index (κ3) is 5.31. The van der Waals surface area contributed by atoms with Gasteiger partial charge in [0.2, 0.25) is 0 Å². The summed E-state index contributed by atoms with van der Waals surface area (Å²) in [4.78, 5) is 25.3. The molecule has 6 nitrogen and oxygen atoms in total. The second-order valence-corrected chi connectivity index (χ2v) is 9.81. The lowest BCUT2D eigenvalue weighted by molar-refractivity contribution is -0.124. The number of rotatable bonds is 7. The average Bonchev–Trinajstić information content (AvgIpc) is 2.95. The minimum atomic E-state index is -1.03. The minimum absolute atomic E-state index is 0.00586. The van der Waals surface area contributed by atoms with Crippen molar-refractivity contribution in [1.82, 2.24) is 10.6 Å². The summed E-state index contributed by atoms with van der Waals surface area (Å²) in [6.07, 6.45) is 2.65. The van der Waals surface area contributed by atoms with Crippen LogP contribution < -0.4 is 15.4 Å². The van der Waals surface area contributed by atoms with Gasteiger partial charge in [0.05, 0.1) is 10.6 Å². The fourth-order valence-electron chi connectivity index (χ4n) is 4.76. The Morgan fingerprint density at radius 2 is 1.82 bits per heavy atom. The number of amides is 2. The van der Waals surface area contributed by atoms with Crippen molar-refractivity contribution in [2.75, 3.05) is 6.61 Å². The summed E-state index contributed by atoms with van der Waals surface area (Å²) in [5.74, 6) is -0.201. The lowest BCUT2D eigenvalue weighted by atomic mass is 9.73. The summed E-state index contributed by atoms with van der Waals surface area (Å²) in [7, 11) is 0. The Morgan fingerprint density at radius 3 is 2.45 bits per heavy atom. The van der Waals surface area contributed by atoms with Gasteiger partial charge in [-0.1, -0.05) is 23.7 Å². The monoisotopic (exact) mass is 474 g/mol. The third-order valence-electron chi connectivity index (χ3n) is 6.68. The molecule has 2 aromatic carbocycles. The van der Waals surface area contributed by atoms with Crippen molar-refractivity contribution < 1.29 is 23.8 Å². The van der Waals surface area contributed by atoms with E-state index in [1.54, 1.807) is 38.1 Å². The van der Waals surface area contributed by atoms with Crippen molar-refractivity contribution in [3.05, 3.63) is 64.4 Å². The molecule has 2 saturated carbocycles. The van der Waals surface area contributed by atoms with Crippen LogP contribution in [0.3, 0.4) is 0 Å². The zero-order chi connectivity index (χ0) is 23.8. The molecular formula is C25H28ClFN2O4. The molecule has 2 aliphatic carbocycles. The molecule has 2 aromatic rings. The number of fused-ring (bicyclic) bond motifs is 1. The zero-order valence-electron chi connectivity index (χ0n) is 18.6. The van der Waals surface area contributed by atoms with Gasteiger partial charge in [0.15, 0.2) is 6.61 Å². The summed E-state index contributed by atoms with van der Waals surface area (Å²) in [5.41, 5.74) is 0.146. The number of carbonyl (C=O) groups excluding carboxylic acids is 2. The highest BCUT2D eigenvalue weighted by Gasteiger charge is 2.49. The molecule has 0 spiro atoms. The zero-order valence-corrected chi connectivity index (χ0v) is 19.4. The minimum Gasteiger partial charge on any atom is -0.484 e. The summed E-state index contributed by atoms with van der Waals surface area (Å²) in [6.45, 7) is 3.14. The number of halogens is 2. The molecule has 176 valence electrons. The number of benzene rings is 2. The van der Waals surface area contributed by atoms with E-state index in [9.17, 15) is 19.1 Å². The van der Waals surface area contributed by atoms with Crippen LogP contribution in [0.1, 0.15) is 49.0 Å². The van der Waals surface area contributed by atoms with Gasteiger partial charge in [-0.3, -0.25) is 9.59 Å². The normalized spacial score (nSPS) is 23.9. The van der Waals surface area contributed by atoms with E-state index in [0.717, 1.165) is 18.9 Å². The second-order valence-electron chi connectivity index (χ2n) is 9.40. The van der Waals surface area contributed by atoms with E-state index in [1.807, 2.05) is 0 Å². The Balaban J connectivity index is 1.32. The van der Waals surface area contributed by atoms with Crippen LogP contribution in [0.2, 0.25) is 5.02 Å². The number of nitrogens with one attached hydrogen (secondary N) is 2. The average molecular weight is 475 g/mol. The number of ether oxygens (including phenoxy) is 1. The third-order valence-corrected chi connectivity index (χ3v) is 6.99. The van der Waals surface area contributed by atoms with Gasteiger partial charge in [-0.25, -0.2) is 4.39 Å². The Morgan fingerprint density at radius 1 is 1.12 bits per heavy atom. The molecule has 3 N–H and O–H groups in total. The highest BCUT2D eigenvalue weighted by atomic mass is 35.5. The van der Waals surface area contributed by atoms with Crippen LogP contribution in [0.4, 0.5) is 4.39 Å². The number of hydrogen-bond acceptors (Lipinski definition) is 4. The van der Waals surface area contributed by atoms with Crippen LogP contribution in [-0.4, -0.2) is 35.6 Å². The van der Waals surface area contributed by atoms with Crippen LogP contribution in [0.5, 0.6) is 5.75 Å². The summed E-state index contributed by atoms with van der Waals surface area (Å²) >= 11 is 5.66. The van der Waals surface area contributed by atoms with Crippen LogP contribution >= 0.6 is 11.6 Å². The van der Waals surface area contributed by atoms with E-state index in [-0.39, 0.29) is 41.3 Å². The lowest BCUT2D eigenvalue weighted by Gasteiger charge is -2.36. The molecule has 0 heterocycles. The van der Waals surface area contributed by atoms with Crippen molar-refractivity contribution >= 4 is 23.4 Å². The van der Waals surface area contributed by atoms with E-state index in [0.29, 0.717) is 29.4 Å². The highest BCUT2D eigenvalue weighted by Crippen LogP contribution is 2.47. The largest absolute Gasteiger partial charge is 0.484 e. The standard InChI is InChI=1S/C25H28ClFN2O4/c1-25(2,32)15-5-3-4-14(10-15)24(31)29-22-12-21(17-7-8-18(17)22)28-23(30)13-33-16-6-9-19(26)20(27)11-16/h3-6,9-11,17-18,21-22,32H,7-8,12-13H2,1-2H3,(H,28,30)(H,29,31)/t17?,18?,21-,22?/m0/s1. The van der Waals surface area contributed by atoms with E-state index in [4.69, 9.17) is 16.3 Å². The van der Waals surface area contributed by atoms with Gasteiger partial charge in [0.1, 0.15) is 11.6 Å². The Bertz CT molecular complexity index is 1050. The predicted molar refractivity (Wildman–Crippen MR) is 123 cm³/mol. The predicted octanol–water partition coefficient (Wildman–Crippen LogP) is 3.80. The maximum Gasteiger partial charge on any atom is 0.258 e. The van der Waals surface area contributed by atoms with E-state index >= 15 is 0 Å². The first-order valence-corrected chi connectivity index (χ1v) is 11.5. The molecule has 33 heavy (non-hydrogen) atoms. The van der Waals surface area contributed by atoms with Crippen molar-refractivity contribution in [3.63, 3.8) is 0 Å². The molecule has 0 radical (unpaired) electrons. The van der Waals surface area contributed by atoms with Gasteiger partial charge in [-0.2, -0.15) is 0 Å². The molecule has 4 atom stereocenters. The molecule has 2 aliphatic rings. The van der Waals surface area contributed by atoms with Gasteiger partial charge in [-0.15, -0.1) is 0 Å². The maximum absolute atomic E-state index is 13.5. The van der Waals surface area contributed by atoms with E-state index < -0.39 is 11.4 Å². The molecule has 8 heteroatoms. The molecule has 0 aliphatic heterocycles. The van der Waals surface area contributed by atoms with E-state index in [1.165, 1.54) is 12.1 Å². The SMILES string of the molecule is CC(C)(O)c1cccc(C(=O)NC2C[C@H](NC(=O)COc3ccc(Cl)c(F)c3)C3CCC23)c1. The van der Waals surface area contributed by atoms with Crippen molar-refractivity contribution in [2.45, 2.75) is 50.8 Å². The molecular weight excluding hydrogens is 447 g/mol. The summed E-state index contributed by atoms with van der Waals surface area (Å²) < 4.78 is 18.9. The van der Waals surface area contributed by atoms with Gasteiger partial charge < -0.3 is 20.5 Å².